The van der Waals surface area contributed by atoms with E-state index >= 15 is 0 Å². The van der Waals surface area contributed by atoms with E-state index in [0.29, 0.717) is 5.56 Å². The van der Waals surface area contributed by atoms with E-state index in [9.17, 15) is 14.7 Å². The lowest BCUT2D eigenvalue weighted by Crippen LogP contribution is -2.53. The molecule has 1 atom stereocenters. The molecule has 17 heavy (non-hydrogen) atoms. The zero-order valence-electron chi connectivity index (χ0n) is 9.86. The Labute approximate surface area is 99.6 Å². The average Bonchev–Trinajstić information content (AvgIpc) is 2.52. The van der Waals surface area contributed by atoms with E-state index in [2.05, 4.69) is 5.32 Å². The van der Waals surface area contributed by atoms with Gasteiger partial charge in [-0.05, 0) is 19.4 Å². The summed E-state index contributed by atoms with van der Waals surface area (Å²) >= 11 is 0. The van der Waals surface area contributed by atoms with Crippen molar-refractivity contribution in [3.63, 3.8) is 0 Å². The Balaban J connectivity index is 2.32. The normalized spacial score (nSPS) is 22.7. The van der Waals surface area contributed by atoms with Crippen LogP contribution in [-0.2, 0) is 11.2 Å². The molecule has 2 rings (SSSR count). The van der Waals surface area contributed by atoms with Crippen LogP contribution in [0.15, 0.2) is 24.3 Å². The molecular weight excluding hydrogens is 218 g/mol. The molecule has 0 aromatic heterocycles. The van der Waals surface area contributed by atoms with E-state index < -0.39 is 17.3 Å². The predicted octanol–water partition coefficient (Wildman–Crippen LogP) is 0.681. The van der Waals surface area contributed by atoms with Gasteiger partial charge < -0.3 is 10.4 Å². The number of aliphatic hydroxyl groups is 1. The highest BCUT2D eigenvalue weighted by atomic mass is 16.3. The fourth-order valence-corrected chi connectivity index (χ4v) is 2.04. The topological polar surface area (TPSA) is 66.4 Å². The summed E-state index contributed by atoms with van der Waals surface area (Å²) in [5, 5.41) is 12.8. The molecule has 0 spiro atoms. The Hall–Kier alpha value is -1.68. The lowest BCUT2D eigenvalue weighted by molar-refractivity contribution is -0.135. The molecule has 1 aliphatic rings. The average molecular weight is 233 g/mol. The summed E-state index contributed by atoms with van der Waals surface area (Å²) in [5.74, 6) is -1.13. The van der Waals surface area contributed by atoms with Gasteiger partial charge in [0.05, 0.1) is 0 Å². The van der Waals surface area contributed by atoms with Gasteiger partial charge in [0, 0.05) is 18.0 Å². The van der Waals surface area contributed by atoms with Crippen LogP contribution in [0, 0.1) is 0 Å². The van der Waals surface area contributed by atoms with E-state index in [0.717, 1.165) is 5.56 Å². The van der Waals surface area contributed by atoms with Crippen LogP contribution in [-0.4, -0.2) is 28.4 Å². The molecule has 4 nitrogen and oxygen atoms in total. The van der Waals surface area contributed by atoms with Crippen LogP contribution in [0.4, 0.5) is 0 Å². The molecule has 1 amide bonds. The Morgan fingerprint density at radius 2 is 2.06 bits per heavy atom. The van der Waals surface area contributed by atoms with Crippen LogP contribution in [0.3, 0.4) is 0 Å². The summed E-state index contributed by atoms with van der Waals surface area (Å²) in [6, 6.07) is 6.80. The van der Waals surface area contributed by atoms with Crippen molar-refractivity contribution in [2.75, 3.05) is 0 Å². The highest BCUT2D eigenvalue weighted by Gasteiger charge is 2.49. The minimum atomic E-state index is -1.94. The summed E-state index contributed by atoms with van der Waals surface area (Å²) in [5.41, 5.74) is -0.777. The number of benzene rings is 1. The quantitative estimate of drug-likeness (QED) is 0.738. The third kappa shape index (κ3) is 1.85. The van der Waals surface area contributed by atoms with Crippen LogP contribution in [0.1, 0.15) is 29.8 Å². The van der Waals surface area contributed by atoms with Gasteiger partial charge in [0.1, 0.15) is 0 Å². The molecule has 0 heterocycles. The SMILES string of the molecule is CC(C)NC(=O)C1(O)Cc2ccccc2C1=O. The van der Waals surface area contributed by atoms with E-state index in [4.69, 9.17) is 0 Å². The molecule has 1 aliphatic carbocycles. The molecule has 1 aromatic carbocycles. The van der Waals surface area contributed by atoms with E-state index in [1.807, 2.05) is 0 Å². The summed E-state index contributed by atoms with van der Waals surface area (Å²) in [6.07, 6.45) is 0.0561. The second-order valence-corrected chi connectivity index (χ2v) is 4.65. The standard InChI is InChI=1S/C13H15NO3/c1-8(2)14-12(16)13(17)7-9-5-3-4-6-10(9)11(13)15/h3-6,8,17H,7H2,1-2H3,(H,14,16). The minimum absolute atomic E-state index is 0.0561. The molecule has 2 N–H and O–H groups in total. The molecule has 0 saturated heterocycles. The minimum Gasteiger partial charge on any atom is -0.373 e. The van der Waals surface area contributed by atoms with Crippen molar-refractivity contribution in [1.29, 1.82) is 0 Å². The summed E-state index contributed by atoms with van der Waals surface area (Å²) in [7, 11) is 0. The maximum absolute atomic E-state index is 12.0. The zero-order chi connectivity index (χ0) is 12.6. The molecule has 90 valence electrons. The highest BCUT2D eigenvalue weighted by molar-refractivity contribution is 6.20. The number of amides is 1. The summed E-state index contributed by atoms with van der Waals surface area (Å²) in [6.45, 7) is 3.57. The first-order chi connectivity index (χ1) is 7.95. The van der Waals surface area contributed by atoms with Crippen LogP contribution < -0.4 is 5.32 Å². The maximum atomic E-state index is 12.0. The largest absolute Gasteiger partial charge is 0.373 e. The number of rotatable bonds is 2. The Morgan fingerprint density at radius 1 is 1.41 bits per heavy atom. The zero-order valence-corrected chi connectivity index (χ0v) is 9.86. The Morgan fingerprint density at radius 3 is 2.65 bits per heavy atom. The second kappa shape index (κ2) is 3.96. The van der Waals surface area contributed by atoms with Gasteiger partial charge >= 0.3 is 0 Å². The van der Waals surface area contributed by atoms with Gasteiger partial charge in [0.25, 0.3) is 5.91 Å². The number of hydrogen-bond donors (Lipinski definition) is 2. The number of Topliss-reactive ketones (excluding diaryl/α,β-unsaturated/α-hetero) is 1. The summed E-state index contributed by atoms with van der Waals surface area (Å²) in [4.78, 5) is 23.9. The van der Waals surface area contributed by atoms with Gasteiger partial charge in [-0.3, -0.25) is 9.59 Å². The first kappa shape index (κ1) is 11.8. The van der Waals surface area contributed by atoms with Gasteiger partial charge in [-0.25, -0.2) is 0 Å². The monoisotopic (exact) mass is 233 g/mol. The van der Waals surface area contributed by atoms with Crippen LogP contribution in [0.25, 0.3) is 0 Å². The molecular formula is C13H15NO3. The predicted molar refractivity (Wildman–Crippen MR) is 62.7 cm³/mol. The number of carbonyl (C=O) groups is 2. The van der Waals surface area contributed by atoms with Crippen molar-refractivity contribution in [2.24, 2.45) is 0 Å². The Bertz CT molecular complexity index is 481. The molecule has 0 fully saturated rings. The van der Waals surface area contributed by atoms with Crippen LogP contribution in [0.2, 0.25) is 0 Å². The van der Waals surface area contributed by atoms with Gasteiger partial charge in [0.2, 0.25) is 11.4 Å². The van der Waals surface area contributed by atoms with Crippen molar-refractivity contribution in [2.45, 2.75) is 31.9 Å². The van der Waals surface area contributed by atoms with Crippen molar-refractivity contribution >= 4 is 11.7 Å². The molecule has 0 radical (unpaired) electrons. The van der Waals surface area contributed by atoms with Gasteiger partial charge in [-0.15, -0.1) is 0 Å². The van der Waals surface area contributed by atoms with Crippen LogP contribution >= 0.6 is 0 Å². The van der Waals surface area contributed by atoms with E-state index in [1.165, 1.54) is 0 Å². The Kier molecular flexibility index (Phi) is 2.75. The third-order valence-corrected chi connectivity index (χ3v) is 2.88. The second-order valence-electron chi connectivity index (χ2n) is 4.65. The van der Waals surface area contributed by atoms with Crippen molar-refractivity contribution < 1.29 is 14.7 Å². The van der Waals surface area contributed by atoms with Crippen molar-refractivity contribution in [3.05, 3.63) is 35.4 Å². The molecule has 1 unspecified atom stereocenters. The van der Waals surface area contributed by atoms with Gasteiger partial charge in [0.15, 0.2) is 0 Å². The third-order valence-electron chi connectivity index (χ3n) is 2.88. The van der Waals surface area contributed by atoms with Crippen molar-refractivity contribution in [3.8, 4) is 0 Å². The lowest BCUT2D eigenvalue weighted by atomic mass is 9.98. The number of ketones is 1. The number of nitrogens with one attached hydrogen (secondary N) is 1. The fraction of sp³-hybridized carbons (Fsp3) is 0.385. The first-order valence-corrected chi connectivity index (χ1v) is 5.61. The molecule has 4 heteroatoms. The van der Waals surface area contributed by atoms with E-state index in [-0.39, 0.29) is 12.5 Å². The van der Waals surface area contributed by atoms with Gasteiger partial charge in [-0.2, -0.15) is 0 Å². The highest BCUT2D eigenvalue weighted by Crippen LogP contribution is 2.30. The van der Waals surface area contributed by atoms with Crippen LogP contribution in [0.5, 0.6) is 0 Å². The molecule has 1 aromatic rings. The maximum Gasteiger partial charge on any atom is 0.260 e. The molecule has 0 bridgehead atoms. The van der Waals surface area contributed by atoms with Crippen molar-refractivity contribution in [1.82, 2.24) is 5.32 Å². The first-order valence-electron chi connectivity index (χ1n) is 5.61. The number of carbonyl (C=O) groups excluding carboxylic acids is 2. The number of hydrogen-bond acceptors (Lipinski definition) is 3. The molecule has 0 saturated carbocycles. The van der Waals surface area contributed by atoms with Gasteiger partial charge in [-0.1, -0.05) is 24.3 Å². The number of fused-ring (bicyclic) bond motifs is 1. The van der Waals surface area contributed by atoms with E-state index in [1.54, 1.807) is 38.1 Å². The molecule has 0 aliphatic heterocycles. The fourth-order valence-electron chi connectivity index (χ4n) is 2.04. The summed E-state index contributed by atoms with van der Waals surface area (Å²) < 4.78 is 0. The lowest BCUT2D eigenvalue weighted by Gasteiger charge is -2.21. The smallest absolute Gasteiger partial charge is 0.260 e.